The van der Waals surface area contributed by atoms with E-state index in [1.54, 1.807) is 0 Å². The number of benzene rings is 2. The number of aliphatic carboxylic acids is 1. The lowest BCUT2D eigenvalue weighted by Crippen LogP contribution is -2.10. The summed E-state index contributed by atoms with van der Waals surface area (Å²) in [5.41, 5.74) is 5.91. The fourth-order valence-corrected chi connectivity index (χ4v) is 3.86. The van der Waals surface area contributed by atoms with Crippen LogP contribution in [0.4, 0.5) is 0 Å². The molecule has 3 rings (SSSR count). The highest BCUT2D eigenvalue weighted by molar-refractivity contribution is 5.82. The summed E-state index contributed by atoms with van der Waals surface area (Å²) in [6.07, 6.45) is 6.34. The number of carbonyl (C=O) groups is 1. The Kier molecular flexibility index (Phi) is 5.80. The van der Waals surface area contributed by atoms with Gasteiger partial charge in [-0.05, 0) is 67.0 Å². The van der Waals surface area contributed by atoms with E-state index in [-0.39, 0.29) is 0 Å². The van der Waals surface area contributed by atoms with E-state index in [4.69, 9.17) is 5.11 Å². The molecule has 1 unspecified atom stereocenters. The maximum atomic E-state index is 10.8. The van der Waals surface area contributed by atoms with Gasteiger partial charge < -0.3 is 9.67 Å². The van der Waals surface area contributed by atoms with Crippen molar-refractivity contribution in [3.8, 4) is 0 Å². The van der Waals surface area contributed by atoms with Crippen LogP contribution in [0.2, 0.25) is 0 Å². The first-order valence-corrected chi connectivity index (χ1v) is 9.54. The molecule has 27 heavy (non-hydrogen) atoms. The van der Waals surface area contributed by atoms with Crippen LogP contribution < -0.4 is 0 Å². The minimum absolute atomic E-state index is 0.327. The number of allylic oxidation sites excluding steroid dienone is 1. The lowest BCUT2D eigenvalue weighted by molar-refractivity contribution is -0.131. The second-order valence-corrected chi connectivity index (χ2v) is 7.28. The van der Waals surface area contributed by atoms with Crippen LogP contribution in [-0.4, -0.2) is 15.6 Å². The lowest BCUT2D eigenvalue weighted by Gasteiger charge is -2.22. The summed E-state index contributed by atoms with van der Waals surface area (Å²) < 4.78 is 2.38. The molecule has 2 aromatic carbocycles. The van der Waals surface area contributed by atoms with Gasteiger partial charge in [-0.2, -0.15) is 0 Å². The normalized spacial score (nSPS) is 13.1. The molecule has 1 atom stereocenters. The highest BCUT2D eigenvalue weighted by Gasteiger charge is 2.16. The first-order valence-electron chi connectivity index (χ1n) is 9.54. The Morgan fingerprint density at radius 1 is 1.19 bits per heavy atom. The zero-order valence-electron chi connectivity index (χ0n) is 16.3. The van der Waals surface area contributed by atoms with Gasteiger partial charge in [0.05, 0.1) is 6.04 Å². The Balaban J connectivity index is 1.97. The molecule has 1 aromatic heterocycles. The smallest absolute Gasteiger partial charge is 0.328 e. The first-order chi connectivity index (χ1) is 13.0. The van der Waals surface area contributed by atoms with Crippen molar-refractivity contribution in [2.45, 2.75) is 46.1 Å². The molecule has 0 aliphatic carbocycles. The van der Waals surface area contributed by atoms with E-state index in [2.05, 4.69) is 73.1 Å². The average molecular weight is 361 g/mol. The Hall–Kier alpha value is -2.81. The minimum atomic E-state index is -0.889. The summed E-state index contributed by atoms with van der Waals surface area (Å²) in [4.78, 5) is 10.8. The fraction of sp³-hybridized carbons (Fsp3) is 0.292. The van der Waals surface area contributed by atoms with Crippen molar-refractivity contribution in [3.63, 3.8) is 0 Å². The Labute approximate surface area is 161 Å². The van der Waals surface area contributed by atoms with Crippen molar-refractivity contribution >= 4 is 16.9 Å². The number of aryl methyl sites for hydroxylation is 1. The molecule has 3 aromatic rings. The van der Waals surface area contributed by atoms with Gasteiger partial charge in [-0.15, -0.1) is 0 Å². The number of fused-ring (bicyclic) bond motifs is 1. The van der Waals surface area contributed by atoms with Crippen molar-refractivity contribution in [1.82, 2.24) is 4.57 Å². The fourth-order valence-electron chi connectivity index (χ4n) is 3.86. The zero-order chi connectivity index (χ0) is 19.4. The Morgan fingerprint density at radius 2 is 1.96 bits per heavy atom. The van der Waals surface area contributed by atoms with Crippen molar-refractivity contribution in [2.24, 2.45) is 0 Å². The molecular weight excluding hydrogens is 334 g/mol. The topological polar surface area (TPSA) is 42.2 Å². The maximum Gasteiger partial charge on any atom is 0.328 e. The van der Waals surface area contributed by atoms with Crippen LogP contribution in [0.3, 0.4) is 0 Å². The molecule has 0 radical (unpaired) electrons. The summed E-state index contributed by atoms with van der Waals surface area (Å²) in [7, 11) is 0. The molecule has 3 heteroatoms. The molecular formula is C24H27NO2. The molecule has 0 spiro atoms. The van der Waals surface area contributed by atoms with Crippen LogP contribution in [0.5, 0.6) is 0 Å². The molecule has 140 valence electrons. The molecule has 1 heterocycles. The average Bonchev–Trinajstić information content (AvgIpc) is 3.02. The highest BCUT2D eigenvalue weighted by atomic mass is 16.4. The predicted molar refractivity (Wildman–Crippen MR) is 111 cm³/mol. The van der Waals surface area contributed by atoms with Gasteiger partial charge >= 0.3 is 5.97 Å². The minimum Gasteiger partial charge on any atom is -0.478 e. The SMILES string of the molecule is CCCC(c1ccccc1C)n1ccc2cc(CC(C)=CC(=O)O)ccc21. The molecule has 3 nitrogen and oxygen atoms in total. The number of hydrogen-bond donors (Lipinski definition) is 1. The Bertz CT molecular complexity index is 981. The third kappa shape index (κ3) is 4.30. The molecule has 0 saturated carbocycles. The van der Waals surface area contributed by atoms with Crippen LogP contribution in [0.15, 0.2) is 66.4 Å². The second kappa shape index (κ2) is 8.26. The summed E-state index contributed by atoms with van der Waals surface area (Å²) in [6.45, 7) is 6.27. The molecule has 0 saturated heterocycles. The van der Waals surface area contributed by atoms with Gasteiger partial charge in [0.15, 0.2) is 0 Å². The maximum absolute atomic E-state index is 10.8. The summed E-state index contributed by atoms with van der Waals surface area (Å²) >= 11 is 0. The van der Waals surface area contributed by atoms with Crippen molar-refractivity contribution < 1.29 is 9.90 Å². The van der Waals surface area contributed by atoms with Crippen LogP contribution in [0.25, 0.3) is 10.9 Å². The summed E-state index contributed by atoms with van der Waals surface area (Å²) in [5, 5.41) is 10.1. The highest BCUT2D eigenvalue weighted by Crippen LogP contribution is 2.31. The van der Waals surface area contributed by atoms with E-state index >= 15 is 0 Å². The number of hydrogen-bond acceptors (Lipinski definition) is 1. The van der Waals surface area contributed by atoms with Crippen molar-refractivity contribution in [2.75, 3.05) is 0 Å². The van der Waals surface area contributed by atoms with Gasteiger partial charge in [-0.25, -0.2) is 4.79 Å². The predicted octanol–water partition coefficient (Wildman–Crippen LogP) is 5.91. The van der Waals surface area contributed by atoms with Gasteiger partial charge in [0.1, 0.15) is 0 Å². The van der Waals surface area contributed by atoms with E-state index in [1.165, 1.54) is 28.1 Å². The van der Waals surface area contributed by atoms with Crippen molar-refractivity contribution in [3.05, 3.63) is 83.1 Å². The third-order valence-electron chi connectivity index (χ3n) is 5.08. The Morgan fingerprint density at radius 3 is 2.67 bits per heavy atom. The van der Waals surface area contributed by atoms with E-state index < -0.39 is 5.97 Å². The molecule has 0 amide bonds. The van der Waals surface area contributed by atoms with Crippen LogP contribution >= 0.6 is 0 Å². The van der Waals surface area contributed by atoms with E-state index in [0.717, 1.165) is 24.0 Å². The lowest BCUT2D eigenvalue weighted by atomic mass is 9.97. The standard InChI is InChI=1S/C24H27NO2/c1-4-7-23(21-9-6-5-8-18(21)3)25-13-12-20-16-19(10-11-22(20)25)14-17(2)15-24(26)27/h5-6,8-13,15-16,23H,4,7,14H2,1-3H3,(H,26,27). The monoisotopic (exact) mass is 361 g/mol. The first kappa shape index (κ1) is 19.0. The molecule has 1 N–H and O–H groups in total. The van der Waals surface area contributed by atoms with Crippen LogP contribution in [-0.2, 0) is 11.2 Å². The quantitative estimate of drug-likeness (QED) is 0.531. The van der Waals surface area contributed by atoms with Gasteiger partial charge in [-0.1, -0.05) is 49.2 Å². The number of carboxylic acid groups (broad SMARTS) is 1. The molecule has 0 fully saturated rings. The number of rotatable bonds is 7. The van der Waals surface area contributed by atoms with E-state index in [0.29, 0.717) is 12.5 Å². The zero-order valence-corrected chi connectivity index (χ0v) is 16.3. The van der Waals surface area contributed by atoms with Gasteiger partial charge in [0, 0.05) is 17.8 Å². The van der Waals surface area contributed by atoms with Crippen LogP contribution in [0.1, 0.15) is 49.4 Å². The number of carboxylic acids is 1. The molecule has 0 aliphatic heterocycles. The largest absolute Gasteiger partial charge is 0.478 e. The van der Waals surface area contributed by atoms with E-state index in [1.807, 2.05) is 6.92 Å². The van der Waals surface area contributed by atoms with E-state index in [9.17, 15) is 4.79 Å². The van der Waals surface area contributed by atoms with Gasteiger partial charge in [0.2, 0.25) is 0 Å². The summed E-state index contributed by atoms with van der Waals surface area (Å²) in [5.74, 6) is -0.889. The molecule has 0 aliphatic rings. The number of aromatic nitrogens is 1. The van der Waals surface area contributed by atoms with Gasteiger partial charge in [0.25, 0.3) is 0 Å². The second-order valence-electron chi connectivity index (χ2n) is 7.28. The van der Waals surface area contributed by atoms with Crippen LogP contribution in [0, 0.1) is 6.92 Å². The number of nitrogens with zero attached hydrogens (tertiary/aromatic N) is 1. The summed E-state index contributed by atoms with van der Waals surface area (Å²) in [6, 6.07) is 17.6. The van der Waals surface area contributed by atoms with Crippen molar-refractivity contribution in [1.29, 1.82) is 0 Å². The molecule has 0 bridgehead atoms. The van der Waals surface area contributed by atoms with Gasteiger partial charge in [-0.3, -0.25) is 0 Å². The third-order valence-corrected chi connectivity index (χ3v) is 5.08.